The van der Waals surface area contributed by atoms with E-state index in [4.69, 9.17) is 0 Å². The Morgan fingerprint density at radius 2 is 2.30 bits per heavy atom. The van der Waals surface area contributed by atoms with Crippen LogP contribution < -0.4 is 0 Å². The van der Waals surface area contributed by atoms with Crippen molar-refractivity contribution in [1.29, 1.82) is 0 Å². The van der Waals surface area contributed by atoms with Crippen LogP contribution in [0.4, 0.5) is 0 Å². The highest BCUT2D eigenvalue weighted by molar-refractivity contribution is 8.13. The third-order valence-corrected chi connectivity index (χ3v) is 2.23. The van der Waals surface area contributed by atoms with Crippen LogP contribution in [0.1, 0.15) is 26.7 Å². The molecule has 60 valence electrons. The van der Waals surface area contributed by atoms with Crippen molar-refractivity contribution in [2.24, 2.45) is 0 Å². The third kappa shape index (κ3) is 8.37. The standard InChI is InChI=1S/C7H14OS2/c1-6(9)4-3-5-10-7(2)8/h6,9H,3-5H2,1-2H3. The van der Waals surface area contributed by atoms with Gasteiger partial charge in [-0.15, -0.1) is 0 Å². The normalized spacial score (nSPS) is 13.1. The molecule has 0 aromatic heterocycles. The number of carbonyl (C=O) groups is 1. The van der Waals surface area contributed by atoms with E-state index in [1.165, 1.54) is 11.8 Å². The second kappa shape index (κ2) is 6.10. The fourth-order valence-electron chi connectivity index (χ4n) is 0.595. The van der Waals surface area contributed by atoms with Gasteiger partial charge in [-0.3, -0.25) is 4.79 Å². The molecule has 0 bridgehead atoms. The molecule has 0 aromatic carbocycles. The molecule has 0 N–H and O–H groups in total. The SMILES string of the molecule is CC(=O)SCCCC(C)S. The third-order valence-electron chi connectivity index (χ3n) is 1.07. The summed E-state index contributed by atoms with van der Waals surface area (Å²) in [7, 11) is 0. The fourth-order valence-corrected chi connectivity index (χ4v) is 1.38. The lowest BCUT2D eigenvalue weighted by Gasteiger charge is -2.00. The van der Waals surface area contributed by atoms with Gasteiger partial charge < -0.3 is 0 Å². The molecule has 0 amide bonds. The molecule has 0 radical (unpaired) electrons. The van der Waals surface area contributed by atoms with E-state index in [2.05, 4.69) is 19.6 Å². The minimum absolute atomic E-state index is 0.215. The second-order valence-electron chi connectivity index (χ2n) is 2.33. The summed E-state index contributed by atoms with van der Waals surface area (Å²) in [5.74, 6) is 0.945. The van der Waals surface area contributed by atoms with Gasteiger partial charge in [-0.1, -0.05) is 18.7 Å². The topological polar surface area (TPSA) is 17.1 Å². The van der Waals surface area contributed by atoms with Gasteiger partial charge in [0.15, 0.2) is 5.12 Å². The molecule has 0 aromatic rings. The van der Waals surface area contributed by atoms with E-state index in [1.54, 1.807) is 6.92 Å². The molecule has 3 heteroatoms. The van der Waals surface area contributed by atoms with Gasteiger partial charge in [-0.05, 0) is 18.1 Å². The summed E-state index contributed by atoms with van der Waals surface area (Å²) in [6.45, 7) is 3.68. The van der Waals surface area contributed by atoms with Crippen LogP contribution in [0.3, 0.4) is 0 Å². The average Bonchev–Trinajstić information content (AvgIpc) is 1.79. The molecule has 0 heterocycles. The quantitative estimate of drug-likeness (QED) is 0.526. The van der Waals surface area contributed by atoms with E-state index < -0.39 is 0 Å². The molecule has 0 fully saturated rings. The molecule has 0 saturated heterocycles. The van der Waals surface area contributed by atoms with E-state index in [0.29, 0.717) is 5.25 Å². The number of thioether (sulfide) groups is 1. The minimum atomic E-state index is 0.215. The summed E-state index contributed by atoms with van der Waals surface area (Å²) >= 11 is 5.63. The molecule has 0 aliphatic rings. The van der Waals surface area contributed by atoms with Crippen LogP contribution in [-0.4, -0.2) is 16.1 Å². The molecular weight excluding hydrogens is 164 g/mol. The van der Waals surface area contributed by atoms with E-state index in [1.807, 2.05) is 0 Å². The predicted octanol–water partition coefficient (Wildman–Crippen LogP) is 2.36. The number of carbonyl (C=O) groups excluding carboxylic acids is 1. The van der Waals surface area contributed by atoms with Gasteiger partial charge in [0.25, 0.3) is 0 Å². The molecule has 0 spiro atoms. The van der Waals surface area contributed by atoms with Crippen LogP contribution in [0, 0.1) is 0 Å². The van der Waals surface area contributed by atoms with Crippen LogP contribution in [0.25, 0.3) is 0 Å². The summed E-state index contributed by atoms with van der Waals surface area (Å²) in [5, 5.41) is 0.680. The average molecular weight is 178 g/mol. The number of hydrogen-bond acceptors (Lipinski definition) is 3. The molecule has 0 aliphatic heterocycles. The highest BCUT2D eigenvalue weighted by Crippen LogP contribution is 2.09. The molecule has 0 aliphatic carbocycles. The molecule has 1 nitrogen and oxygen atoms in total. The van der Waals surface area contributed by atoms with Crippen LogP contribution in [-0.2, 0) is 4.79 Å². The van der Waals surface area contributed by atoms with E-state index in [9.17, 15) is 4.79 Å². The zero-order valence-corrected chi connectivity index (χ0v) is 8.17. The van der Waals surface area contributed by atoms with Crippen LogP contribution >= 0.6 is 24.4 Å². The first kappa shape index (κ1) is 10.4. The Kier molecular flexibility index (Phi) is 6.33. The Labute approximate surface area is 72.4 Å². The smallest absolute Gasteiger partial charge is 0.185 e. The Morgan fingerprint density at radius 3 is 2.70 bits per heavy atom. The minimum Gasteiger partial charge on any atom is -0.288 e. The van der Waals surface area contributed by atoms with Crippen molar-refractivity contribution >= 4 is 29.5 Å². The van der Waals surface area contributed by atoms with E-state index in [-0.39, 0.29) is 5.12 Å². The van der Waals surface area contributed by atoms with Crippen molar-refractivity contribution < 1.29 is 4.79 Å². The summed E-state index contributed by atoms with van der Waals surface area (Å²) < 4.78 is 0. The van der Waals surface area contributed by atoms with Crippen molar-refractivity contribution in [2.75, 3.05) is 5.75 Å². The lowest BCUT2D eigenvalue weighted by atomic mass is 10.3. The molecule has 1 atom stereocenters. The zero-order valence-electron chi connectivity index (χ0n) is 6.46. The van der Waals surface area contributed by atoms with Crippen LogP contribution in [0.5, 0.6) is 0 Å². The molecule has 0 rings (SSSR count). The Bertz CT molecular complexity index is 102. The zero-order chi connectivity index (χ0) is 7.98. The highest BCUT2D eigenvalue weighted by Gasteiger charge is 1.96. The molecule has 0 saturated carbocycles. The number of rotatable bonds is 4. The van der Waals surface area contributed by atoms with Crippen molar-refractivity contribution in [3.8, 4) is 0 Å². The fraction of sp³-hybridized carbons (Fsp3) is 0.857. The van der Waals surface area contributed by atoms with Crippen LogP contribution in [0.2, 0.25) is 0 Å². The first-order valence-electron chi connectivity index (χ1n) is 3.44. The van der Waals surface area contributed by atoms with Gasteiger partial charge in [-0.2, -0.15) is 12.6 Å². The van der Waals surface area contributed by atoms with Gasteiger partial charge in [0.2, 0.25) is 0 Å². The number of hydrogen-bond donors (Lipinski definition) is 1. The maximum absolute atomic E-state index is 10.4. The monoisotopic (exact) mass is 178 g/mol. The van der Waals surface area contributed by atoms with Crippen molar-refractivity contribution in [3.63, 3.8) is 0 Å². The lowest BCUT2D eigenvalue weighted by Crippen LogP contribution is -1.93. The maximum atomic E-state index is 10.4. The van der Waals surface area contributed by atoms with Crippen molar-refractivity contribution in [1.82, 2.24) is 0 Å². The van der Waals surface area contributed by atoms with E-state index >= 15 is 0 Å². The first-order valence-corrected chi connectivity index (χ1v) is 4.94. The molecule has 10 heavy (non-hydrogen) atoms. The Hall–Kier alpha value is 0.370. The summed E-state index contributed by atoms with van der Waals surface area (Å²) in [6.07, 6.45) is 2.19. The number of thiol groups is 1. The Balaban J connectivity index is 2.98. The summed E-state index contributed by atoms with van der Waals surface area (Å²) in [4.78, 5) is 10.4. The predicted molar refractivity (Wildman–Crippen MR) is 50.8 cm³/mol. The molecular formula is C7H14OS2. The second-order valence-corrected chi connectivity index (χ2v) is 4.48. The van der Waals surface area contributed by atoms with Gasteiger partial charge in [0.05, 0.1) is 0 Å². The van der Waals surface area contributed by atoms with E-state index in [0.717, 1.165) is 18.6 Å². The summed E-state index contributed by atoms with van der Waals surface area (Å²) in [5.41, 5.74) is 0. The Morgan fingerprint density at radius 1 is 1.70 bits per heavy atom. The van der Waals surface area contributed by atoms with Gasteiger partial charge in [-0.25, -0.2) is 0 Å². The van der Waals surface area contributed by atoms with Gasteiger partial charge >= 0.3 is 0 Å². The van der Waals surface area contributed by atoms with Crippen molar-refractivity contribution in [2.45, 2.75) is 31.9 Å². The van der Waals surface area contributed by atoms with Gasteiger partial charge in [0.1, 0.15) is 0 Å². The van der Waals surface area contributed by atoms with Crippen LogP contribution in [0.15, 0.2) is 0 Å². The van der Waals surface area contributed by atoms with Crippen molar-refractivity contribution in [3.05, 3.63) is 0 Å². The van der Waals surface area contributed by atoms with Gasteiger partial charge in [0, 0.05) is 12.7 Å². The highest BCUT2D eigenvalue weighted by atomic mass is 32.2. The first-order chi connectivity index (χ1) is 4.63. The maximum Gasteiger partial charge on any atom is 0.185 e. The summed E-state index contributed by atoms with van der Waals surface area (Å²) in [6, 6.07) is 0. The molecule has 1 unspecified atom stereocenters. The lowest BCUT2D eigenvalue weighted by molar-refractivity contribution is -0.109. The largest absolute Gasteiger partial charge is 0.288 e.